The first-order chi connectivity index (χ1) is 10.9. The number of benzene rings is 2. The number of carbonyl (C=O) groups excluding carboxylic acids is 1. The Morgan fingerprint density at radius 2 is 1.61 bits per heavy atom. The molecule has 0 aliphatic carbocycles. The molecule has 8 N–H and O–H groups in total. The standard InChI is InChI=1S/C13H12N2O5S.H4N2/c14-15-10-6-2-1-5-9(10)13(16)20-11-7-3-4-8-12(11)21(17,18)19;1-2/h1-8,15H,14H2,(H,17,18,19);1-2H2. The molecule has 0 saturated carbocycles. The van der Waals surface area contributed by atoms with Crippen molar-refractivity contribution in [2.45, 2.75) is 4.90 Å². The molecule has 2 aromatic rings. The van der Waals surface area contributed by atoms with Crippen molar-refractivity contribution in [1.82, 2.24) is 0 Å². The number of rotatable bonds is 4. The summed E-state index contributed by atoms with van der Waals surface area (Å²) >= 11 is 0. The zero-order valence-corrected chi connectivity index (χ0v) is 12.7. The zero-order valence-electron chi connectivity index (χ0n) is 11.8. The first-order valence-electron chi connectivity index (χ1n) is 6.11. The van der Waals surface area contributed by atoms with Gasteiger partial charge in [0.25, 0.3) is 10.1 Å². The van der Waals surface area contributed by atoms with E-state index in [1.807, 2.05) is 0 Å². The van der Waals surface area contributed by atoms with Gasteiger partial charge in [0, 0.05) is 0 Å². The van der Waals surface area contributed by atoms with Crippen LogP contribution >= 0.6 is 0 Å². The first-order valence-corrected chi connectivity index (χ1v) is 7.55. The van der Waals surface area contributed by atoms with Gasteiger partial charge in [-0.2, -0.15) is 8.42 Å². The molecular formula is C13H16N4O5S. The summed E-state index contributed by atoms with van der Waals surface area (Å²) in [6, 6.07) is 11.6. The number of carbonyl (C=O) groups is 1. The van der Waals surface area contributed by atoms with Crippen molar-refractivity contribution in [3.8, 4) is 5.75 Å². The summed E-state index contributed by atoms with van der Waals surface area (Å²) in [7, 11) is -4.49. The van der Waals surface area contributed by atoms with Crippen molar-refractivity contribution in [1.29, 1.82) is 0 Å². The number of ether oxygens (including phenoxy) is 1. The van der Waals surface area contributed by atoms with Crippen LogP contribution in [0.4, 0.5) is 5.69 Å². The Balaban J connectivity index is 0.00000127. The summed E-state index contributed by atoms with van der Waals surface area (Å²) in [5, 5.41) is 0. The third-order valence-electron chi connectivity index (χ3n) is 2.63. The van der Waals surface area contributed by atoms with Crippen molar-refractivity contribution >= 4 is 21.8 Å². The fourth-order valence-corrected chi connectivity index (χ4v) is 2.30. The van der Waals surface area contributed by atoms with Crippen LogP contribution in [0.1, 0.15) is 10.4 Å². The lowest BCUT2D eigenvalue weighted by atomic mass is 10.2. The molecule has 0 bridgehead atoms. The summed E-state index contributed by atoms with van der Waals surface area (Å²) < 4.78 is 36.6. The first kappa shape index (κ1) is 18.5. The molecule has 0 heterocycles. The van der Waals surface area contributed by atoms with Gasteiger partial charge >= 0.3 is 5.97 Å². The van der Waals surface area contributed by atoms with Crippen LogP contribution in [0.25, 0.3) is 0 Å². The second-order valence-corrected chi connectivity index (χ2v) is 5.39. The molecule has 0 amide bonds. The van der Waals surface area contributed by atoms with Gasteiger partial charge in [-0.15, -0.1) is 0 Å². The molecule has 124 valence electrons. The van der Waals surface area contributed by atoms with Crippen LogP contribution in [0.3, 0.4) is 0 Å². The molecule has 0 atom stereocenters. The maximum atomic E-state index is 12.1. The van der Waals surface area contributed by atoms with Gasteiger partial charge in [-0.3, -0.25) is 22.1 Å². The van der Waals surface area contributed by atoms with Gasteiger partial charge in [-0.1, -0.05) is 24.3 Å². The average Bonchev–Trinajstić information content (AvgIpc) is 2.56. The van der Waals surface area contributed by atoms with E-state index in [0.29, 0.717) is 5.69 Å². The van der Waals surface area contributed by atoms with E-state index < -0.39 is 21.0 Å². The van der Waals surface area contributed by atoms with E-state index in [1.165, 1.54) is 24.3 Å². The lowest BCUT2D eigenvalue weighted by Gasteiger charge is -2.10. The number of anilines is 1. The minimum Gasteiger partial charge on any atom is -0.421 e. The highest BCUT2D eigenvalue weighted by Crippen LogP contribution is 2.25. The predicted molar refractivity (Wildman–Crippen MR) is 83.8 cm³/mol. The topological polar surface area (TPSA) is 171 Å². The average molecular weight is 340 g/mol. The zero-order chi connectivity index (χ0) is 17.5. The third kappa shape index (κ3) is 4.74. The van der Waals surface area contributed by atoms with Crippen molar-refractivity contribution in [3.63, 3.8) is 0 Å². The minimum absolute atomic E-state index is 0.130. The highest BCUT2D eigenvalue weighted by Gasteiger charge is 2.20. The van der Waals surface area contributed by atoms with Gasteiger partial charge < -0.3 is 10.2 Å². The van der Waals surface area contributed by atoms with Crippen LogP contribution in [0.15, 0.2) is 53.4 Å². The maximum absolute atomic E-state index is 12.1. The van der Waals surface area contributed by atoms with Crippen LogP contribution in [0.2, 0.25) is 0 Å². The van der Waals surface area contributed by atoms with E-state index in [1.54, 1.807) is 18.2 Å². The van der Waals surface area contributed by atoms with Crippen LogP contribution in [-0.2, 0) is 10.1 Å². The molecular weight excluding hydrogens is 324 g/mol. The predicted octanol–water partition coefficient (Wildman–Crippen LogP) is 0.257. The van der Waals surface area contributed by atoms with Crippen molar-refractivity contribution in [2.24, 2.45) is 17.5 Å². The Morgan fingerprint density at radius 3 is 2.22 bits per heavy atom. The largest absolute Gasteiger partial charge is 0.421 e. The second kappa shape index (κ2) is 8.22. The number of esters is 1. The molecule has 0 aliphatic heterocycles. The normalized spacial score (nSPS) is 10.3. The Morgan fingerprint density at radius 1 is 1.04 bits per heavy atom. The molecule has 9 nitrogen and oxygen atoms in total. The van der Waals surface area contributed by atoms with Crippen molar-refractivity contribution in [3.05, 3.63) is 54.1 Å². The summed E-state index contributed by atoms with van der Waals surface area (Å²) in [6.07, 6.45) is 0. The molecule has 0 aromatic heterocycles. The van der Waals surface area contributed by atoms with Gasteiger partial charge in [-0.25, -0.2) is 4.79 Å². The van der Waals surface area contributed by atoms with Gasteiger partial charge in [0.2, 0.25) is 0 Å². The third-order valence-corrected chi connectivity index (χ3v) is 3.53. The Hall–Kier alpha value is -2.50. The van der Waals surface area contributed by atoms with Crippen molar-refractivity contribution in [2.75, 3.05) is 5.43 Å². The molecule has 2 rings (SSSR count). The van der Waals surface area contributed by atoms with E-state index in [4.69, 9.17) is 15.1 Å². The molecule has 10 heteroatoms. The molecule has 0 saturated heterocycles. The molecule has 0 aliphatic rings. The summed E-state index contributed by atoms with van der Waals surface area (Å²) in [4.78, 5) is 11.6. The molecule has 23 heavy (non-hydrogen) atoms. The molecule has 0 spiro atoms. The van der Waals surface area contributed by atoms with Crippen LogP contribution in [-0.4, -0.2) is 18.9 Å². The van der Waals surface area contributed by atoms with E-state index >= 15 is 0 Å². The van der Waals surface area contributed by atoms with E-state index in [-0.39, 0.29) is 11.3 Å². The van der Waals surface area contributed by atoms with E-state index in [9.17, 15) is 13.2 Å². The number of nitrogens with one attached hydrogen (secondary N) is 1. The smallest absolute Gasteiger partial charge is 0.345 e. The van der Waals surface area contributed by atoms with Crippen molar-refractivity contribution < 1.29 is 22.5 Å². The fraction of sp³-hybridized carbons (Fsp3) is 0. The van der Waals surface area contributed by atoms with E-state index in [0.717, 1.165) is 6.07 Å². The highest BCUT2D eigenvalue weighted by atomic mass is 32.2. The Kier molecular flexibility index (Phi) is 6.63. The molecule has 0 radical (unpaired) electrons. The van der Waals surface area contributed by atoms with Crippen LogP contribution in [0.5, 0.6) is 5.75 Å². The SMILES string of the molecule is NN.NNc1ccccc1C(=O)Oc1ccccc1S(=O)(=O)O. The Bertz CT molecular complexity index is 779. The van der Waals surface area contributed by atoms with Crippen LogP contribution in [0, 0.1) is 0 Å². The number of hydrogen-bond donors (Lipinski definition) is 5. The monoisotopic (exact) mass is 340 g/mol. The van der Waals surface area contributed by atoms with Gasteiger partial charge in [-0.05, 0) is 24.3 Å². The van der Waals surface area contributed by atoms with Crippen LogP contribution < -0.4 is 27.7 Å². The Labute approximate surface area is 132 Å². The van der Waals surface area contributed by atoms with E-state index in [2.05, 4.69) is 17.1 Å². The number of hydrazine groups is 2. The number of hydrogen-bond acceptors (Lipinski definition) is 8. The summed E-state index contributed by atoms with van der Waals surface area (Å²) in [6.45, 7) is 0. The molecule has 0 unspecified atom stereocenters. The minimum atomic E-state index is -4.49. The quantitative estimate of drug-likeness (QED) is 0.172. The lowest BCUT2D eigenvalue weighted by molar-refractivity contribution is 0.0731. The fourth-order valence-electron chi connectivity index (χ4n) is 1.69. The summed E-state index contributed by atoms with van der Waals surface area (Å²) in [5.74, 6) is 12.2. The van der Waals surface area contributed by atoms with Gasteiger partial charge in [0.1, 0.15) is 4.90 Å². The molecule has 2 aromatic carbocycles. The number of nitrogen functional groups attached to an aromatic ring is 1. The maximum Gasteiger partial charge on any atom is 0.345 e. The van der Waals surface area contributed by atoms with Gasteiger partial charge in [0.05, 0.1) is 11.3 Å². The number of nitrogens with two attached hydrogens (primary N) is 3. The highest BCUT2D eigenvalue weighted by molar-refractivity contribution is 7.86. The summed E-state index contributed by atoms with van der Waals surface area (Å²) in [5.41, 5.74) is 2.79. The second-order valence-electron chi connectivity index (χ2n) is 4.00. The number of para-hydroxylation sites is 2. The lowest BCUT2D eigenvalue weighted by Crippen LogP contribution is -2.16. The van der Waals surface area contributed by atoms with Gasteiger partial charge in [0.15, 0.2) is 5.75 Å². The molecule has 0 fully saturated rings.